The van der Waals surface area contributed by atoms with E-state index in [1.54, 1.807) is 0 Å². The van der Waals surface area contributed by atoms with Crippen molar-refractivity contribution in [1.29, 1.82) is 0 Å². The van der Waals surface area contributed by atoms with Gasteiger partial charge in [-0.15, -0.1) is 0 Å². The molecule has 13 heavy (non-hydrogen) atoms. The Morgan fingerprint density at radius 1 is 1.38 bits per heavy atom. The second kappa shape index (κ2) is 4.43. The molecule has 0 atom stereocenters. The van der Waals surface area contributed by atoms with Gasteiger partial charge >= 0.3 is 6.29 Å². The highest BCUT2D eigenvalue weighted by Crippen LogP contribution is 2.25. The summed E-state index contributed by atoms with van der Waals surface area (Å²) in [6.07, 6.45) is -4.31. The standard InChI is InChI=1S/C10H10O3/c11-6-2-1-3-8-4-5-9(12)10(13)7-8/h4-5,7H,1-3H2,(H-,12,13)/p+1/i1D2,3D2. The van der Waals surface area contributed by atoms with Crippen LogP contribution >= 0.6 is 0 Å². The minimum absolute atomic E-state index is 0.159. The molecule has 0 spiro atoms. The van der Waals surface area contributed by atoms with E-state index in [4.69, 9.17) is 10.6 Å². The van der Waals surface area contributed by atoms with Gasteiger partial charge in [0.05, 0.1) is 0 Å². The van der Waals surface area contributed by atoms with E-state index in [-0.39, 0.29) is 5.56 Å². The quantitative estimate of drug-likeness (QED) is 0.549. The fourth-order valence-electron chi connectivity index (χ4n) is 0.784. The van der Waals surface area contributed by atoms with E-state index in [0.29, 0.717) is 0 Å². The lowest BCUT2D eigenvalue weighted by atomic mass is 10.1. The summed E-state index contributed by atoms with van der Waals surface area (Å²) in [6.45, 7) is 0. The van der Waals surface area contributed by atoms with Gasteiger partial charge in [-0.2, -0.15) is 0 Å². The lowest BCUT2D eigenvalue weighted by Gasteiger charge is -2.00. The molecule has 0 fully saturated rings. The van der Waals surface area contributed by atoms with E-state index in [9.17, 15) is 9.90 Å². The molecule has 68 valence electrons. The number of phenolic OH excluding ortho intramolecular Hbond substituents is 2. The van der Waals surface area contributed by atoms with Gasteiger partial charge in [-0.05, 0) is 24.1 Å². The lowest BCUT2D eigenvalue weighted by molar-refractivity contribution is 0.403. The summed E-state index contributed by atoms with van der Waals surface area (Å²) in [6, 6.07) is 3.14. The number of phenols is 2. The van der Waals surface area contributed by atoms with Crippen molar-refractivity contribution in [3.05, 3.63) is 23.8 Å². The third-order valence-corrected chi connectivity index (χ3v) is 1.37. The van der Waals surface area contributed by atoms with Crippen LogP contribution in [-0.4, -0.2) is 16.5 Å². The van der Waals surface area contributed by atoms with Crippen LogP contribution in [0.3, 0.4) is 0 Å². The maximum atomic E-state index is 10.2. The Balaban J connectivity index is 3.20. The minimum atomic E-state index is -2.48. The zero-order valence-corrected chi connectivity index (χ0v) is 6.74. The molecule has 0 amide bonds. The molecule has 0 unspecified atom stereocenters. The van der Waals surface area contributed by atoms with Crippen molar-refractivity contribution in [2.24, 2.45) is 0 Å². The first-order valence-electron chi connectivity index (χ1n) is 5.60. The number of carbonyl (C=O) groups excluding carboxylic acids is 1. The third-order valence-electron chi connectivity index (χ3n) is 1.37. The van der Waals surface area contributed by atoms with Crippen molar-refractivity contribution in [3.8, 4) is 11.5 Å². The van der Waals surface area contributed by atoms with Gasteiger partial charge in [0.15, 0.2) is 11.5 Å². The molecular formula is C10H11O3+. The smallest absolute Gasteiger partial charge is 0.504 e. The maximum Gasteiger partial charge on any atom is 0.506 e. The van der Waals surface area contributed by atoms with Crippen molar-refractivity contribution in [2.45, 2.75) is 19.2 Å². The summed E-state index contributed by atoms with van der Waals surface area (Å²) in [5.74, 6) is -0.968. The van der Waals surface area contributed by atoms with Crippen LogP contribution in [0.2, 0.25) is 0 Å². The first-order chi connectivity index (χ1) is 7.72. The zero-order chi connectivity index (χ0) is 13.3. The second-order valence-electron chi connectivity index (χ2n) is 2.33. The molecule has 0 aliphatic heterocycles. The highest BCUT2D eigenvalue weighted by atomic mass is 16.3. The molecule has 1 rings (SSSR count). The summed E-state index contributed by atoms with van der Waals surface area (Å²) in [5.41, 5.74) is -0.159. The summed E-state index contributed by atoms with van der Waals surface area (Å²) < 4.78 is 30.3. The van der Waals surface area contributed by atoms with Gasteiger partial charge in [-0.1, -0.05) is 6.07 Å². The van der Waals surface area contributed by atoms with Gasteiger partial charge in [0.2, 0.25) is 6.42 Å². The van der Waals surface area contributed by atoms with Gasteiger partial charge in [0, 0.05) is 16.7 Å². The Labute approximate surface area is 82.3 Å². The first-order valence-corrected chi connectivity index (χ1v) is 3.60. The topological polar surface area (TPSA) is 57.5 Å². The predicted molar refractivity (Wildman–Crippen MR) is 48.4 cm³/mol. The largest absolute Gasteiger partial charge is 0.506 e. The fourth-order valence-corrected chi connectivity index (χ4v) is 0.784. The van der Waals surface area contributed by atoms with E-state index in [1.807, 2.05) is 0 Å². The van der Waals surface area contributed by atoms with Crippen molar-refractivity contribution in [3.63, 3.8) is 0 Å². The molecule has 1 aromatic rings. The van der Waals surface area contributed by atoms with Gasteiger partial charge in [-0.3, -0.25) is 0 Å². The molecule has 0 aliphatic rings. The van der Waals surface area contributed by atoms with E-state index in [1.165, 1.54) is 6.29 Å². The number of rotatable bonds is 4. The summed E-state index contributed by atoms with van der Waals surface area (Å²) >= 11 is 0. The molecule has 0 saturated carbocycles. The molecule has 0 heterocycles. The van der Waals surface area contributed by atoms with E-state index >= 15 is 0 Å². The zero-order valence-electron chi connectivity index (χ0n) is 10.7. The minimum Gasteiger partial charge on any atom is -0.504 e. The molecule has 3 nitrogen and oxygen atoms in total. The Hall–Kier alpha value is -1.60. The van der Waals surface area contributed by atoms with Crippen molar-refractivity contribution in [2.75, 3.05) is 0 Å². The van der Waals surface area contributed by atoms with Crippen molar-refractivity contribution in [1.82, 2.24) is 0 Å². The summed E-state index contributed by atoms with van der Waals surface area (Å²) in [4.78, 5) is 10.2. The van der Waals surface area contributed by atoms with Gasteiger partial charge in [-0.25, -0.2) is 0 Å². The van der Waals surface area contributed by atoms with E-state index in [2.05, 4.69) is 0 Å². The van der Waals surface area contributed by atoms with Gasteiger partial charge in [0.25, 0.3) is 0 Å². The van der Waals surface area contributed by atoms with Crippen LogP contribution < -0.4 is 0 Å². The number of aryl methyl sites for hydroxylation is 1. The molecule has 0 aliphatic carbocycles. The van der Waals surface area contributed by atoms with Crippen LogP contribution in [0.5, 0.6) is 11.5 Å². The highest BCUT2D eigenvalue weighted by molar-refractivity contribution is 5.50. The lowest BCUT2D eigenvalue weighted by Crippen LogP contribution is -1.85. The van der Waals surface area contributed by atoms with Crippen molar-refractivity contribution >= 4 is 6.29 Å². The number of hydrogen-bond acceptors (Lipinski definition) is 3. The average Bonchev–Trinajstić information content (AvgIpc) is 2.21. The molecule has 0 radical (unpaired) electrons. The number of hydrogen-bond donors (Lipinski definition) is 2. The Morgan fingerprint density at radius 3 is 2.77 bits per heavy atom. The van der Waals surface area contributed by atoms with E-state index in [0.717, 1.165) is 18.2 Å². The molecule has 0 bridgehead atoms. The van der Waals surface area contributed by atoms with Crippen LogP contribution in [0.1, 0.15) is 23.8 Å². The summed E-state index contributed by atoms with van der Waals surface area (Å²) in [7, 11) is 0. The number of benzene rings is 1. The van der Waals surface area contributed by atoms with Gasteiger partial charge in [0.1, 0.15) is 0 Å². The van der Waals surface area contributed by atoms with Crippen LogP contribution in [0.4, 0.5) is 0 Å². The molecule has 1 aromatic carbocycles. The number of aromatic hydroxyl groups is 2. The highest BCUT2D eigenvalue weighted by Gasteiger charge is 2.03. The van der Waals surface area contributed by atoms with Crippen LogP contribution in [0, 0.1) is 0 Å². The molecule has 0 aromatic heterocycles. The maximum absolute atomic E-state index is 10.2. The Bertz CT molecular complexity index is 432. The Morgan fingerprint density at radius 2 is 2.15 bits per heavy atom. The van der Waals surface area contributed by atoms with Gasteiger partial charge < -0.3 is 10.2 Å². The van der Waals surface area contributed by atoms with Crippen LogP contribution in [0.15, 0.2) is 18.2 Å². The SMILES string of the molecule is [2H]C([2H])(C[C+]=O)C([2H])([2H])c1ccc(O)c(O)c1. The molecule has 0 saturated heterocycles. The third kappa shape index (κ3) is 2.73. The second-order valence-corrected chi connectivity index (χ2v) is 2.33. The molecular weight excluding hydrogens is 168 g/mol. The summed E-state index contributed by atoms with van der Waals surface area (Å²) in [5, 5.41) is 18.3. The average molecular weight is 183 g/mol. The fraction of sp³-hybridized carbons (Fsp3) is 0.300. The first kappa shape index (κ1) is 5.20. The van der Waals surface area contributed by atoms with Crippen molar-refractivity contribution < 1.29 is 20.5 Å². The van der Waals surface area contributed by atoms with E-state index < -0.39 is 30.7 Å². The van der Waals surface area contributed by atoms with Crippen LogP contribution in [0.25, 0.3) is 0 Å². The van der Waals surface area contributed by atoms with Crippen LogP contribution in [-0.2, 0) is 11.2 Å². The Kier molecular flexibility index (Phi) is 1.77. The molecule has 2 N–H and O–H groups in total. The normalized spacial score (nSPS) is 16.3. The molecule has 3 heteroatoms. The monoisotopic (exact) mass is 183 g/mol. The predicted octanol–water partition coefficient (Wildman–Crippen LogP) is 1.53.